The Morgan fingerprint density at radius 1 is 0.967 bits per heavy atom. The highest BCUT2D eigenvalue weighted by molar-refractivity contribution is 5.92. The van der Waals surface area contributed by atoms with E-state index in [9.17, 15) is 9.59 Å². The van der Waals surface area contributed by atoms with Gasteiger partial charge >= 0.3 is 5.97 Å². The van der Waals surface area contributed by atoms with Crippen LogP contribution in [0.15, 0.2) is 48.5 Å². The molecule has 0 aliphatic carbocycles. The summed E-state index contributed by atoms with van der Waals surface area (Å²) in [6.07, 6.45) is 0. The standard InChI is InChI=1S/C23H25N3O4/c1-15-8-10-19(11-9-15)26-20(12-18(4)25-26)24-21(27)13-29-22(28)14-30-23-16(2)6-5-7-17(23)3/h5-12H,13-14H2,1-4H3,(H,24,27). The summed E-state index contributed by atoms with van der Waals surface area (Å²) in [4.78, 5) is 24.3. The summed E-state index contributed by atoms with van der Waals surface area (Å²) < 4.78 is 12.2. The zero-order chi connectivity index (χ0) is 21.7. The minimum Gasteiger partial charge on any atom is -0.481 e. The number of rotatable bonds is 7. The quantitative estimate of drug-likeness (QED) is 0.605. The van der Waals surface area contributed by atoms with Crippen LogP contribution in [0.5, 0.6) is 5.75 Å². The Labute approximate surface area is 175 Å². The second-order valence-electron chi connectivity index (χ2n) is 7.14. The smallest absolute Gasteiger partial charge is 0.344 e. The van der Waals surface area contributed by atoms with Gasteiger partial charge in [-0.15, -0.1) is 0 Å². The Kier molecular flexibility index (Phi) is 6.51. The van der Waals surface area contributed by atoms with Gasteiger partial charge in [0, 0.05) is 6.07 Å². The lowest BCUT2D eigenvalue weighted by Gasteiger charge is -2.12. The fraction of sp³-hybridized carbons (Fsp3) is 0.261. The molecule has 0 atom stereocenters. The topological polar surface area (TPSA) is 82.5 Å². The van der Waals surface area contributed by atoms with Gasteiger partial charge in [-0.25, -0.2) is 9.48 Å². The first-order valence-electron chi connectivity index (χ1n) is 9.61. The lowest BCUT2D eigenvalue weighted by Crippen LogP contribution is -2.24. The number of benzene rings is 2. The third-order valence-electron chi connectivity index (χ3n) is 4.48. The van der Waals surface area contributed by atoms with Crippen molar-refractivity contribution in [3.05, 3.63) is 70.9 Å². The number of aryl methyl sites for hydroxylation is 4. The molecule has 1 aromatic heterocycles. The van der Waals surface area contributed by atoms with Gasteiger partial charge in [-0.05, 0) is 51.0 Å². The van der Waals surface area contributed by atoms with Crippen LogP contribution in [0.1, 0.15) is 22.4 Å². The van der Waals surface area contributed by atoms with E-state index in [-0.39, 0.29) is 6.61 Å². The SMILES string of the molecule is Cc1ccc(-n2nc(C)cc2NC(=O)COC(=O)COc2c(C)cccc2C)cc1. The van der Waals surface area contributed by atoms with Gasteiger partial charge < -0.3 is 14.8 Å². The molecule has 30 heavy (non-hydrogen) atoms. The largest absolute Gasteiger partial charge is 0.481 e. The maximum absolute atomic E-state index is 12.3. The number of amides is 1. The first-order valence-corrected chi connectivity index (χ1v) is 9.61. The normalized spacial score (nSPS) is 10.5. The van der Waals surface area contributed by atoms with E-state index in [4.69, 9.17) is 9.47 Å². The predicted octanol–water partition coefficient (Wildman–Crippen LogP) is 3.67. The fourth-order valence-corrected chi connectivity index (χ4v) is 3.00. The Balaban J connectivity index is 1.55. The third kappa shape index (κ3) is 5.26. The van der Waals surface area contributed by atoms with Gasteiger partial charge in [-0.3, -0.25) is 4.79 Å². The predicted molar refractivity (Wildman–Crippen MR) is 114 cm³/mol. The summed E-state index contributed by atoms with van der Waals surface area (Å²) in [5.74, 6) is 0.0836. The zero-order valence-corrected chi connectivity index (χ0v) is 17.6. The molecule has 3 rings (SSSR count). The van der Waals surface area contributed by atoms with Crippen LogP contribution in [0.4, 0.5) is 5.82 Å². The van der Waals surface area contributed by atoms with E-state index in [0.29, 0.717) is 11.6 Å². The molecule has 0 bridgehead atoms. The maximum Gasteiger partial charge on any atom is 0.344 e. The molecule has 0 radical (unpaired) electrons. The lowest BCUT2D eigenvalue weighted by molar-refractivity contribution is -0.149. The minimum absolute atomic E-state index is 0.265. The van der Waals surface area contributed by atoms with Gasteiger partial charge in [-0.1, -0.05) is 35.9 Å². The molecule has 1 amide bonds. The van der Waals surface area contributed by atoms with E-state index < -0.39 is 18.5 Å². The number of anilines is 1. The van der Waals surface area contributed by atoms with Crippen LogP contribution in [-0.2, 0) is 14.3 Å². The van der Waals surface area contributed by atoms with Crippen molar-refractivity contribution in [1.29, 1.82) is 0 Å². The number of nitrogens with zero attached hydrogens (tertiary/aromatic N) is 2. The zero-order valence-electron chi connectivity index (χ0n) is 17.6. The highest BCUT2D eigenvalue weighted by atomic mass is 16.6. The summed E-state index contributed by atoms with van der Waals surface area (Å²) in [5, 5.41) is 7.15. The van der Waals surface area contributed by atoms with E-state index in [0.717, 1.165) is 28.1 Å². The molecular formula is C23H25N3O4. The average molecular weight is 407 g/mol. The molecule has 0 saturated heterocycles. The third-order valence-corrected chi connectivity index (χ3v) is 4.48. The van der Waals surface area contributed by atoms with Crippen molar-refractivity contribution in [2.45, 2.75) is 27.7 Å². The number of ether oxygens (including phenoxy) is 2. The lowest BCUT2D eigenvalue weighted by atomic mass is 10.1. The summed E-state index contributed by atoms with van der Waals surface area (Å²) >= 11 is 0. The number of nitrogens with one attached hydrogen (secondary N) is 1. The number of hydrogen-bond acceptors (Lipinski definition) is 5. The monoisotopic (exact) mass is 407 g/mol. The molecule has 0 saturated carbocycles. The Bertz CT molecular complexity index is 1030. The number of aromatic nitrogens is 2. The highest BCUT2D eigenvalue weighted by Crippen LogP contribution is 2.22. The molecular weight excluding hydrogens is 382 g/mol. The number of carbonyl (C=O) groups is 2. The number of para-hydroxylation sites is 1. The molecule has 0 fully saturated rings. The van der Waals surface area contributed by atoms with Crippen LogP contribution in [0, 0.1) is 27.7 Å². The molecule has 156 valence electrons. The van der Waals surface area contributed by atoms with Gasteiger partial charge in [-0.2, -0.15) is 5.10 Å². The van der Waals surface area contributed by atoms with Gasteiger partial charge in [0.05, 0.1) is 11.4 Å². The fourth-order valence-electron chi connectivity index (χ4n) is 3.00. The van der Waals surface area contributed by atoms with Crippen molar-refractivity contribution >= 4 is 17.7 Å². The summed E-state index contributed by atoms with van der Waals surface area (Å²) in [5.41, 5.74) is 4.57. The number of carbonyl (C=O) groups excluding carboxylic acids is 2. The molecule has 7 heteroatoms. The molecule has 3 aromatic rings. The van der Waals surface area contributed by atoms with E-state index in [2.05, 4.69) is 10.4 Å². The Hall–Kier alpha value is -3.61. The van der Waals surface area contributed by atoms with Crippen molar-refractivity contribution in [2.24, 2.45) is 0 Å². The van der Waals surface area contributed by atoms with Gasteiger partial charge in [0.15, 0.2) is 13.2 Å². The number of hydrogen-bond donors (Lipinski definition) is 1. The van der Waals surface area contributed by atoms with Gasteiger partial charge in [0.1, 0.15) is 11.6 Å². The van der Waals surface area contributed by atoms with Gasteiger partial charge in [0.25, 0.3) is 5.91 Å². The maximum atomic E-state index is 12.3. The van der Waals surface area contributed by atoms with Crippen LogP contribution >= 0.6 is 0 Å². The molecule has 0 aliphatic rings. The van der Waals surface area contributed by atoms with Crippen molar-refractivity contribution in [2.75, 3.05) is 18.5 Å². The van der Waals surface area contributed by atoms with Crippen molar-refractivity contribution in [1.82, 2.24) is 9.78 Å². The molecule has 0 spiro atoms. The first kappa shape index (κ1) is 21.1. The second kappa shape index (κ2) is 9.26. The van der Waals surface area contributed by atoms with Crippen LogP contribution in [0.3, 0.4) is 0 Å². The molecule has 0 aliphatic heterocycles. The van der Waals surface area contributed by atoms with E-state index in [1.807, 2.05) is 70.2 Å². The summed E-state index contributed by atoms with van der Waals surface area (Å²) in [6, 6.07) is 15.3. The van der Waals surface area contributed by atoms with Gasteiger partial charge in [0.2, 0.25) is 0 Å². The Morgan fingerprint density at radius 2 is 1.63 bits per heavy atom. The van der Waals surface area contributed by atoms with Crippen LogP contribution < -0.4 is 10.1 Å². The van der Waals surface area contributed by atoms with Crippen molar-refractivity contribution < 1.29 is 19.1 Å². The average Bonchev–Trinajstić information content (AvgIpc) is 3.06. The summed E-state index contributed by atoms with van der Waals surface area (Å²) in [6.45, 7) is 6.97. The first-order chi connectivity index (χ1) is 14.3. The molecule has 2 aromatic carbocycles. The van der Waals surface area contributed by atoms with E-state index in [1.54, 1.807) is 10.7 Å². The molecule has 1 heterocycles. The molecule has 1 N–H and O–H groups in total. The number of esters is 1. The second-order valence-corrected chi connectivity index (χ2v) is 7.14. The highest BCUT2D eigenvalue weighted by Gasteiger charge is 2.14. The minimum atomic E-state index is -0.615. The van der Waals surface area contributed by atoms with Crippen molar-refractivity contribution in [3.8, 4) is 11.4 Å². The Morgan fingerprint density at radius 3 is 2.30 bits per heavy atom. The van der Waals surface area contributed by atoms with Crippen LogP contribution in [0.2, 0.25) is 0 Å². The van der Waals surface area contributed by atoms with Crippen LogP contribution in [-0.4, -0.2) is 34.9 Å². The molecule has 7 nitrogen and oxygen atoms in total. The van der Waals surface area contributed by atoms with E-state index >= 15 is 0 Å². The van der Waals surface area contributed by atoms with Crippen LogP contribution in [0.25, 0.3) is 5.69 Å². The summed E-state index contributed by atoms with van der Waals surface area (Å²) in [7, 11) is 0. The van der Waals surface area contributed by atoms with Crippen molar-refractivity contribution in [3.63, 3.8) is 0 Å². The molecule has 0 unspecified atom stereocenters. The van der Waals surface area contributed by atoms with E-state index in [1.165, 1.54) is 0 Å².